The number of carbonyl (C=O) groups is 2. The average molecular weight is 379 g/mol. The molecule has 6 nitrogen and oxygen atoms in total. The van der Waals surface area contributed by atoms with Gasteiger partial charge in [0.15, 0.2) is 16.5 Å². The van der Waals surface area contributed by atoms with Crippen molar-refractivity contribution in [2.24, 2.45) is 0 Å². The van der Waals surface area contributed by atoms with Crippen LogP contribution < -0.4 is 5.32 Å². The molecule has 130 valence electrons. The van der Waals surface area contributed by atoms with Crippen LogP contribution in [0.3, 0.4) is 0 Å². The van der Waals surface area contributed by atoms with E-state index in [0.717, 1.165) is 16.7 Å². The summed E-state index contributed by atoms with van der Waals surface area (Å²) in [7, 11) is 0. The molecular formula is C17H15ClN2O4S. The highest BCUT2D eigenvalue weighted by molar-refractivity contribution is 7.17. The van der Waals surface area contributed by atoms with Crippen molar-refractivity contribution >= 4 is 50.9 Å². The van der Waals surface area contributed by atoms with Crippen LogP contribution in [0.4, 0.5) is 5.13 Å². The van der Waals surface area contributed by atoms with Crippen LogP contribution in [0, 0.1) is 13.8 Å². The van der Waals surface area contributed by atoms with E-state index in [1.807, 2.05) is 6.07 Å². The van der Waals surface area contributed by atoms with Gasteiger partial charge < -0.3 is 9.15 Å². The van der Waals surface area contributed by atoms with Crippen LogP contribution >= 0.6 is 22.9 Å². The van der Waals surface area contributed by atoms with E-state index >= 15 is 0 Å². The van der Waals surface area contributed by atoms with Gasteiger partial charge in [0.05, 0.1) is 17.3 Å². The molecule has 2 aromatic heterocycles. The fourth-order valence-electron chi connectivity index (χ4n) is 2.42. The molecule has 0 bridgehead atoms. The van der Waals surface area contributed by atoms with Crippen LogP contribution in [-0.2, 0) is 4.74 Å². The lowest BCUT2D eigenvalue weighted by atomic mass is 10.1. The summed E-state index contributed by atoms with van der Waals surface area (Å²) >= 11 is 7.17. The lowest BCUT2D eigenvalue weighted by molar-refractivity contribution is 0.0531. The van der Waals surface area contributed by atoms with Crippen molar-refractivity contribution < 1.29 is 18.7 Å². The number of aromatic nitrogens is 1. The van der Waals surface area contributed by atoms with Crippen LogP contribution in [0.1, 0.15) is 38.4 Å². The number of fused-ring (bicyclic) bond motifs is 1. The Bertz CT molecular complexity index is 977. The molecule has 1 aromatic carbocycles. The van der Waals surface area contributed by atoms with E-state index < -0.39 is 11.9 Å². The van der Waals surface area contributed by atoms with Gasteiger partial charge in [0.25, 0.3) is 5.91 Å². The first-order valence-electron chi connectivity index (χ1n) is 7.55. The van der Waals surface area contributed by atoms with Crippen LogP contribution in [0.25, 0.3) is 11.0 Å². The van der Waals surface area contributed by atoms with Crippen molar-refractivity contribution in [3.63, 3.8) is 0 Å². The fourth-order valence-corrected chi connectivity index (χ4v) is 3.48. The van der Waals surface area contributed by atoms with Gasteiger partial charge in [-0.25, -0.2) is 9.78 Å². The van der Waals surface area contributed by atoms with E-state index in [0.29, 0.717) is 31.9 Å². The average Bonchev–Trinajstić information content (AvgIpc) is 3.09. The van der Waals surface area contributed by atoms with E-state index in [1.165, 1.54) is 0 Å². The van der Waals surface area contributed by atoms with Crippen molar-refractivity contribution in [3.8, 4) is 0 Å². The minimum Gasteiger partial charge on any atom is -0.462 e. The molecule has 0 unspecified atom stereocenters. The first-order valence-corrected chi connectivity index (χ1v) is 8.75. The van der Waals surface area contributed by atoms with Crippen LogP contribution in [-0.4, -0.2) is 23.5 Å². The Balaban J connectivity index is 1.88. The lowest BCUT2D eigenvalue weighted by Crippen LogP contribution is -2.11. The summed E-state index contributed by atoms with van der Waals surface area (Å²) in [5.74, 6) is -0.743. The molecule has 0 aliphatic carbocycles. The number of nitrogens with zero attached hydrogens (tertiary/aromatic N) is 1. The smallest absolute Gasteiger partial charge is 0.350 e. The number of halogens is 1. The van der Waals surface area contributed by atoms with Crippen molar-refractivity contribution in [2.45, 2.75) is 20.8 Å². The second-order valence-electron chi connectivity index (χ2n) is 5.28. The predicted molar refractivity (Wildman–Crippen MR) is 96.7 cm³/mol. The van der Waals surface area contributed by atoms with E-state index in [1.54, 1.807) is 32.9 Å². The third-order valence-electron chi connectivity index (χ3n) is 3.60. The Labute approximate surface area is 152 Å². The molecule has 3 aromatic rings. The van der Waals surface area contributed by atoms with Gasteiger partial charge in [0.1, 0.15) is 4.88 Å². The maximum Gasteiger partial charge on any atom is 0.350 e. The van der Waals surface area contributed by atoms with Crippen LogP contribution in [0.2, 0.25) is 5.02 Å². The Morgan fingerprint density at radius 3 is 2.80 bits per heavy atom. The Morgan fingerprint density at radius 2 is 2.12 bits per heavy atom. The second-order valence-corrected chi connectivity index (χ2v) is 6.69. The number of anilines is 1. The molecule has 0 aliphatic rings. The Kier molecular flexibility index (Phi) is 4.78. The highest BCUT2D eigenvalue weighted by Gasteiger charge is 2.22. The quantitative estimate of drug-likeness (QED) is 0.671. The monoisotopic (exact) mass is 378 g/mol. The summed E-state index contributed by atoms with van der Waals surface area (Å²) in [6.07, 6.45) is 0. The summed E-state index contributed by atoms with van der Waals surface area (Å²) < 4.78 is 10.6. The van der Waals surface area contributed by atoms with Gasteiger partial charge in [-0.05, 0) is 26.8 Å². The van der Waals surface area contributed by atoms with Crippen molar-refractivity contribution in [1.29, 1.82) is 0 Å². The number of aryl methyl sites for hydroxylation is 2. The molecule has 0 fully saturated rings. The Hall–Kier alpha value is -2.38. The van der Waals surface area contributed by atoms with Crippen LogP contribution in [0.15, 0.2) is 22.6 Å². The molecule has 0 saturated carbocycles. The molecular weight excluding hydrogens is 364 g/mol. The largest absolute Gasteiger partial charge is 0.462 e. The number of rotatable bonds is 4. The second kappa shape index (κ2) is 6.85. The molecule has 0 radical (unpaired) electrons. The normalized spacial score (nSPS) is 10.9. The summed E-state index contributed by atoms with van der Waals surface area (Å²) in [6, 6.07) is 5.33. The van der Waals surface area contributed by atoms with Gasteiger partial charge in [-0.3, -0.25) is 10.1 Å². The molecule has 0 aliphatic heterocycles. The summed E-state index contributed by atoms with van der Waals surface area (Å²) in [4.78, 5) is 28.9. The van der Waals surface area contributed by atoms with Gasteiger partial charge >= 0.3 is 5.97 Å². The fraction of sp³-hybridized carbons (Fsp3) is 0.235. The van der Waals surface area contributed by atoms with Gasteiger partial charge in [-0.15, -0.1) is 0 Å². The number of ether oxygens (including phenoxy) is 1. The molecule has 1 amide bonds. The topological polar surface area (TPSA) is 81.4 Å². The number of thiazole rings is 1. The summed E-state index contributed by atoms with van der Waals surface area (Å²) in [5.41, 5.74) is 1.66. The molecule has 25 heavy (non-hydrogen) atoms. The zero-order chi connectivity index (χ0) is 18.1. The lowest BCUT2D eigenvalue weighted by Gasteiger charge is -1.99. The predicted octanol–water partition coefficient (Wildman–Crippen LogP) is 4.59. The van der Waals surface area contributed by atoms with Crippen molar-refractivity contribution in [2.75, 3.05) is 11.9 Å². The summed E-state index contributed by atoms with van der Waals surface area (Å²) in [5, 5.41) is 4.18. The van der Waals surface area contributed by atoms with E-state index in [4.69, 9.17) is 20.8 Å². The van der Waals surface area contributed by atoms with E-state index in [-0.39, 0.29) is 12.4 Å². The first-order chi connectivity index (χ1) is 11.9. The summed E-state index contributed by atoms with van der Waals surface area (Å²) in [6.45, 7) is 5.47. The number of hydrogen-bond donors (Lipinski definition) is 1. The number of amides is 1. The molecule has 3 rings (SSSR count). The number of benzene rings is 1. The standard InChI is InChI=1S/C17H15ClN2O4S/c1-4-23-16(22)14-9(3)19-17(25-14)20-15(21)12-8(2)10-6-5-7-11(18)13(10)24-12/h5-7H,4H2,1-3H3,(H,19,20,21). The van der Waals surface area contributed by atoms with Gasteiger partial charge in [0.2, 0.25) is 0 Å². The van der Waals surface area contributed by atoms with Gasteiger partial charge in [0, 0.05) is 10.9 Å². The first kappa shape index (κ1) is 17.4. The third kappa shape index (κ3) is 3.25. The maximum atomic E-state index is 12.5. The van der Waals surface area contributed by atoms with Gasteiger partial charge in [-0.1, -0.05) is 35.1 Å². The van der Waals surface area contributed by atoms with Crippen molar-refractivity contribution in [3.05, 3.63) is 45.1 Å². The number of furan rings is 1. The number of para-hydroxylation sites is 1. The number of esters is 1. The highest BCUT2D eigenvalue weighted by atomic mass is 35.5. The minimum atomic E-state index is -0.454. The zero-order valence-electron chi connectivity index (χ0n) is 13.8. The molecule has 2 heterocycles. The van der Waals surface area contributed by atoms with E-state index in [2.05, 4.69) is 10.3 Å². The molecule has 0 saturated heterocycles. The van der Waals surface area contributed by atoms with Crippen molar-refractivity contribution in [1.82, 2.24) is 4.98 Å². The SMILES string of the molecule is CCOC(=O)c1sc(NC(=O)c2oc3c(Cl)cccc3c2C)nc1C. The minimum absolute atomic E-state index is 0.161. The Morgan fingerprint density at radius 1 is 1.36 bits per heavy atom. The van der Waals surface area contributed by atoms with Gasteiger partial charge in [-0.2, -0.15) is 0 Å². The van der Waals surface area contributed by atoms with Crippen LogP contribution in [0.5, 0.6) is 0 Å². The molecule has 0 spiro atoms. The molecule has 1 N–H and O–H groups in total. The molecule has 8 heteroatoms. The zero-order valence-corrected chi connectivity index (χ0v) is 15.4. The van der Waals surface area contributed by atoms with E-state index in [9.17, 15) is 9.59 Å². The highest BCUT2D eigenvalue weighted by Crippen LogP contribution is 2.31. The maximum absolute atomic E-state index is 12.5. The molecule has 0 atom stereocenters. The number of hydrogen-bond acceptors (Lipinski definition) is 6. The number of nitrogens with one attached hydrogen (secondary N) is 1. The third-order valence-corrected chi connectivity index (χ3v) is 4.95. The number of carbonyl (C=O) groups excluding carboxylic acids is 2.